The second-order valence-corrected chi connectivity index (χ2v) is 6.31. The molecule has 1 aromatic heterocycles. The maximum Gasteiger partial charge on any atom is 0.122 e. The Hall–Kier alpha value is -2.79. The first-order valence-corrected chi connectivity index (χ1v) is 9.13. The van der Waals surface area contributed by atoms with Gasteiger partial charge in [0.1, 0.15) is 17.6 Å². The van der Waals surface area contributed by atoms with E-state index in [1.54, 1.807) is 20.4 Å². The Bertz CT molecular complexity index is 801. The zero-order valence-electron chi connectivity index (χ0n) is 15.9. The molecule has 1 unspecified atom stereocenters. The third-order valence-electron chi connectivity index (χ3n) is 4.53. The number of para-hydroxylation sites is 1. The van der Waals surface area contributed by atoms with Crippen molar-refractivity contribution in [3.63, 3.8) is 0 Å². The molecular weight excluding hydrogens is 340 g/mol. The van der Waals surface area contributed by atoms with Crippen LogP contribution in [0.15, 0.2) is 67.3 Å². The van der Waals surface area contributed by atoms with Gasteiger partial charge >= 0.3 is 0 Å². The molecule has 0 aliphatic heterocycles. The first kappa shape index (κ1) is 19.0. The monoisotopic (exact) mass is 366 g/mol. The van der Waals surface area contributed by atoms with E-state index < -0.39 is 0 Å². The minimum absolute atomic E-state index is 0.0391. The van der Waals surface area contributed by atoms with E-state index in [4.69, 9.17) is 14.2 Å². The summed E-state index contributed by atoms with van der Waals surface area (Å²) in [6.07, 6.45) is 7.36. The Balaban J connectivity index is 1.60. The third-order valence-corrected chi connectivity index (χ3v) is 4.53. The average molecular weight is 366 g/mol. The van der Waals surface area contributed by atoms with Gasteiger partial charge in [-0.15, -0.1) is 0 Å². The van der Waals surface area contributed by atoms with Crippen molar-refractivity contribution in [1.82, 2.24) is 9.55 Å². The van der Waals surface area contributed by atoms with Crippen molar-refractivity contribution in [3.8, 4) is 11.5 Å². The maximum absolute atomic E-state index is 6.24. The summed E-state index contributed by atoms with van der Waals surface area (Å²) >= 11 is 0. The van der Waals surface area contributed by atoms with Gasteiger partial charge in [-0.25, -0.2) is 4.98 Å². The number of hydrogen-bond donors (Lipinski definition) is 0. The van der Waals surface area contributed by atoms with Crippen LogP contribution in [0.5, 0.6) is 11.5 Å². The fourth-order valence-corrected chi connectivity index (χ4v) is 3.06. The Morgan fingerprint density at radius 3 is 2.52 bits per heavy atom. The fourth-order valence-electron chi connectivity index (χ4n) is 3.06. The summed E-state index contributed by atoms with van der Waals surface area (Å²) < 4.78 is 19.0. The van der Waals surface area contributed by atoms with Crippen molar-refractivity contribution in [2.75, 3.05) is 20.8 Å². The maximum atomic E-state index is 6.24. The van der Waals surface area contributed by atoms with Gasteiger partial charge in [-0.05, 0) is 42.2 Å². The van der Waals surface area contributed by atoms with Crippen LogP contribution in [-0.2, 0) is 17.7 Å². The highest BCUT2D eigenvalue weighted by Crippen LogP contribution is 2.24. The molecular formula is C22H26N2O3. The van der Waals surface area contributed by atoms with Crippen LogP contribution in [0.4, 0.5) is 0 Å². The summed E-state index contributed by atoms with van der Waals surface area (Å²) in [5.74, 6) is 1.78. The van der Waals surface area contributed by atoms with E-state index in [1.807, 2.05) is 47.4 Å². The highest BCUT2D eigenvalue weighted by molar-refractivity contribution is 5.33. The van der Waals surface area contributed by atoms with E-state index in [0.29, 0.717) is 6.61 Å². The number of nitrogens with zero attached hydrogens (tertiary/aromatic N) is 2. The standard InChI is InChI=1S/C22H26N2O3/c1-25-20-11-9-19(10-12-20)22(16-24-14-13-23-17-24)27-15-5-7-18-6-3-4-8-21(18)26-2/h3-4,6,8-14,17,22H,5,7,15-16H2,1-2H3. The quantitative estimate of drug-likeness (QED) is 0.502. The lowest BCUT2D eigenvalue weighted by Gasteiger charge is -2.19. The van der Waals surface area contributed by atoms with Crippen molar-refractivity contribution >= 4 is 0 Å². The topological polar surface area (TPSA) is 45.5 Å². The molecule has 0 saturated carbocycles. The Morgan fingerprint density at radius 1 is 1.00 bits per heavy atom. The zero-order chi connectivity index (χ0) is 18.9. The second-order valence-electron chi connectivity index (χ2n) is 6.31. The second kappa shape index (κ2) is 9.78. The van der Waals surface area contributed by atoms with Crippen molar-refractivity contribution in [2.24, 2.45) is 0 Å². The van der Waals surface area contributed by atoms with Crippen molar-refractivity contribution < 1.29 is 14.2 Å². The number of hydrogen-bond acceptors (Lipinski definition) is 4. The molecule has 1 atom stereocenters. The van der Waals surface area contributed by atoms with Gasteiger partial charge < -0.3 is 18.8 Å². The van der Waals surface area contributed by atoms with E-state index in [-0.39, 0.29) is 6.10 Å². The highest BCUT2D eigenvalue weighted by atomic mass is 16.5. The van der Waals surface area contributed by atoms with Crippen LogP contribution in [0.1, 0.15) is 23.7 Å². The minimum Gasteiger partial charge on any atom is -0.497 e. The molecule has 0 radical (unpaired) electrons. The normalized spacial score (nSPS) is 11.9. The predicted molar refractivity (Wildman–Crippen MR) is 105 cm³/mol. The molecule has 2 aromatic carbocycles. The van der Waals surface area contributed by atoms with Crippen molar-refractivity contribution in [3.05, 3.63) is 78.4 Å². The molecule has 1 heterocycles. The number of methoxy groups -OCH3 is 2. The van der Waals surface area contributed by atoms with Gasteiger partial charge in [0, 0.05) is 19.0 Å². The molecule has 0 bridgehead atoms. The van der Waals surface area contributed by atoms with Crippen LogP contribution < -0.4 is 9.47 Å². The van der Waals surface area contributed by atoms with Crippen LogP contribution in [0.25, 0.3) is 0 Å². The molecule has 0 amide bonds. The lowest BCUT2D eigenvalue weighted by Crippen LogP contribution is -2.13. The van der Waals surface area contributed by atoms with Crippen LogP contribution >= 0.6 is 0 Å². The number of ether oxygens (including phenoxy) is 3. The summed E-state index contributed by atoms with van der Waals surface area (Å²) in [5, 5.41) is 0. The Kier molecular flexibility index (Phi) is 6.88. The highest BCUT2D eigenvalue weighted by Gasteiger charge is 2.13. The van der Waals surface area contributed by atoms with Gasteiger partial charge in [-0.1, -0.05) is 30.3 Å². The largest absolute Gasteiger partial charge is 0.497 e. The molecule has 3 aromatic rings. The van der Waals surface area contributed by atoms with Gasteiger partial charge in [-0.3, -0.25) is 0 Å². The molecule has 5 nitrogen and oxygen atoms in total. The summed E-state index contributed by atoms with van der Waals surface area (Å²) in [5.41, 5.74) is 2.33. The minimum atomic E-state index is -0.0391. The Morgan fingerprint density at radius 2 is 1.81 bits per heavy atom. The molecule has 142 valence electrons. The third kappa shape index (κ3) is 5.34. The SMILES string of the molecule is COc1ccc(C(Cn2ccnc2)OCCCc2ccccc2OC)cc1. The summed E-state index contributed by atoms with van der Waals surface area (Å²) in [6, 6.07) is 16.2. The van der Waals surface area contributed by atoms with Crippen LogP contribution in [0.3, 0.4) is 0 Å². The summed E-state index contributed by atoms with van der Waals surface area (Å²) in [6.45, 7) is 1.39. The Labute approximate surface area is 160 Å². The van der Waals surface area contributed by atoms with Crippen molar-refractivity contribution in [2.45, 2.75) is 25.5 Å². The molecule has 3 rings (SSSR count). The first-order valence-electron chi connectivity index (χ1n) is 9.13. The van der Waals surface area contributed by atoms with Gasteiger partial charge in [0.05, 0.1) is 27.1 Å². The fraction of sp³-hybridized carbons (Fsp3) is 0.318. The van der Waals surface area contributed by atoms with Gasteiger partial charge in [-0.2, -0.15) is 0 Å². The number of imidazole rings is 1. The van der Waals surface area contributed by atoms with Crippen LogP contribution in [0.2, 0.25) is 0 Å². The van der Waals surface area contributed by atoms with Gasteiger partial charge in [0.2, 0.25) is 0 Å². The number of rotatable bonds is 10. The molecule has 27 heavy (non-hydrogen) atoms. The molecule has 0 aliphatic carbocycles. The molecule has 0 N–H and O–H groups in total. The molecule has 0 saturated heterocycles. The van der Waals surface area contributed by atoms with E-state index >= 15 is 0 Å². The van der Waals surface area contributed by atoms with Gasteiger partial charge in [0.15, 0.2) is 0 Å². The number of benzene rings is 2. The molecule has 0 fully saturated rings. The predicted octanol–water partition coefficient (Wildman–Crippen LogP) is 4.29. The van der Waals surface area contributed by atoms with Gasteiger partial charge in [0.25, 0.3) is 0 Å². The van der Waals surface area contributed by atoms with E-state index in [9.17, 15) is 0 Å². The number of aryl methyl sites for hydroxylation is 1. The summed E-state index contributed by atoms with van der Waals surface area (Å²) in [4.78, 5) is 4.13. The lowest BCUT2D eigenvalue weighted by atomic mass is 10.1. The van der Waals surface area contributed by atoms with E-state index in [2.05, 4.69) is 23.2 Å². The molecule has 0 spiro atoms. The zero-order valence-corrected chi connectivity index (χ0v) is 15.9. The molecule has 5 heteroatoms. The summed E-state index contributed by atoms with van der Waals surface area (Å²) in [7, 11) is 3.38. The average Bonchev–Trinajstić information content (AvgIpc) is 3.24. The van der Waals surface area contributed by atoms with Crippen LogP contribution in [0, 0.1) is 0 Å². The lowest BCUT2D eigenvalue weighted by molar-refractivity contribution is 0.0390. The van der Waals surface area contributed by atoms with E-state index in [0.717, 1.165) is 36.4 Å². The van der Waals surface area contributed by atoms with Crippen LogP contribution in [-0.4, -0.2) is 30.4 Å². The number of aromatic nitrogens is 2. The molecule has 0 aliphatic rings. The van der Waals surface area contributed by atoms with Crippen molar-refractivity contribution in [1.29, 1.82) is 0 Å². The smallest absolute Gasteiger partial charge is 0.122 e. The van der Waals surface area contributed by atoms with E-state index in [1.165, 1.54) is 5.56 Å². The first-order chi connectivity index (χ1) is 13.3.